The average Bonchev–Trinajstić information content (AvgIpc) is 2.35. The highest BCUT2D eigenvalue weighted by molar-refractivity contribution is 6.50. The van der Waals surface area contributed by atoms with E-state index >= 15 is 0 Å². The van der Waals surface area contributed by atoms with Gasteiger partial charge in [-0.05, 0) is 33.5 Å². The van der Waals surface area contributed by atoms with Gasteiger partial charge in [0, 0.05) is 25.5 Å². The topological polar surface area (TPSA) is 38.8 Å². The van der Waals surface area contributed by atoms with Crippen LogP contribution in [0.15, 0.2) is 12.3 Å². The van der Waals surface area contributed by atoms with Crippen molar-refractivity contribution in [3.05, 3.63) is 12.3 Å². The van der Waals surface area contributed by atoms with Crippen molar-refractivity contribution in [2.45, 2.75) is 78.5 Å². The highest BCUT2D eigenvalue weighted by Gasteiger charge is 2.17. The maximum atomic E-state index is 11.4. The van der Waals surface area contributed by atoms with Crippen LogP contribution in [0.4, 0.5) is 0 Å². The molecule has 0 unspecified atom stereocenters. The highest BCUT2D eigenvalue weighted by Crippen LogP contribution is 2.16. The monoisotopic (exact) mass is 297 g/mol. The third kappa shape index (κ3) is 11.4. The minimum atomic E-state index is -0.0715. The molecule has 0 aliphatic carbocycles. The summed E-state index contributed by atoms with van der Waals surface area (Å²) < 4.78 is 5.87. The summed E-state index contributed by atoms with van der Waals surface area (Å²) in [4.78, 5) is 16.7. The Balaban J connectivity index is 3.67. The number of carbonyl (C=O) groups is 1. The van der Waals surface area contributed by atoms with Gasteiger partial charge in [-0.2, -0.15) is 5.06 Å². The van der Waals surface area contributed by atoms with Crippen LogP contribution in [-0.4, -0.2) is 30.5 Å². The van der Waals surface area contributed by atoms with Crippen molar-refractivity contribution in [3.8, 4) is 0 Å². The minimum Gasteiger partial charge on any atom is -0.432 e. The Bertz CT molecular complexity index is 326. The van der Waals surface area contributed by atoms with Gasteiger partial charge in [-0.3, -0.25) is 4.79 Å². The van der Waals surface area contributed by atoms with Crippen LogP contribution in [0.2, 0.25) is 13.1 Å². The van der Waals surface area contributed by atoms with Crippen LogP contribution in [0.5, 0.6) is 0 Å². The van der Waals surface area contributed by atoms with E-state index in [2.05, 4.69) is 34.2 Å². The Labute approximate surface area is 130 Å². The second-order valence-electron chi connectivity index (χ2n) is 6.51. The fraction of sp³-hybridized carbons (Fsp3) is 0.812. The fourth-order valence-electron chi connectivity index (χ4n) is 2.11. The Morgan fingerprint density at radius 1 is 1.24 bits per heavy atom. The molecule has 1 amide bonds. The first kappa shape index (κ1) is 20.0. The molecule has 4 nitrogen and oxygen atoms in total. The number of allylic oxidation sites excluding steroid dienone is 1. The molecule has 0 aromatic carbocycles. The molecule has 0 aromatic rings. The lowest BCUT2D eigenvalue weighted by molar-refractivity contribution is -0.165. The molecule has 0 aromatic heterocycles. The van der Waals surface area contributed by atoms with Crippen molar-refractivity contribution in [1.29, 1.82) is 0 Å². The summed E-state index contributed by atoms with van der Waals surface area (Å²) in [5.41, 5.74) is -0.0715. The molecular formula is C16H32BNO3. The molecule has 0 rings (SSSR count). The van der Waals surface area contributed by atoms with E-state index in [1.165, 1.54) is 5.06 Å². The van der Waals surface area contributed by atoms with E-state index in [4.69, 9.17) is 9.49 Å². The molecule has 0 N–H and O–H groups in total. The molecule has 5 heteroatoms. The number of hydrogen-bond donors (Lipinski definition) is 0. The largest absolute Gasteiger partial charge is 0.432 e. The van der Waals surface area contributed by atoms with Gasteiger partial charge in [0.15, 0.2) is 0 Å². The zero-order valence-electron chi connectivity index (χ0n) is 14.7. The molecule has 0 saturated carbocycles. The summed E-state index contributed by atoms with van der Waals surface area (Å²) in [6.07, 6.45) is 5.57. The van der Waals surface area contributed by atoms with E-state index in [1.54, 1.807) is 7.05 Å². The lowest BCUT2D eigenvalue weighted by atomic mass is 9.65. The van der Waals surface area contributed by atoms with Gasteiger partial charge < -0.3 is 9.49 Å². The SMILES string of the molecule is C=C(CCCCCB(C)OC(C)(C)C)ON(C)C(=O)CC. The van der Waals surface area contributed by atoms with Crippen molar-refractivity contribution in [2.24, 2.45) is 0 Å². The number of nitrogens with zero attached hydrogens (tertiary/aromatic N) is 1. The summed E-state index contributed by atoms with van der Waals surface area (Å²) >= 11 is 0. The number of hydroxylamine groups is 2. The molecule has 0 aliphatic rings. The van der Waals surface area contributed by atoms with Gasteiger partial charge in [-0.25, -0.2) is 0 Å². The second-order valence-corrected chi connectivity index (χ2v) is 6.51. The molecular weight excluding hydrogens is 265 g/mol. The zero-order valence-corrected chi connectivity index (χ0v) is 14.7. The van der Waals surface area contributed by atoms with Crippen LogP contribution in [0.25, 0.3) is 0 Å². The standard InChI is InChI=1S/C16H32BNO3/c1-8-15(19)18(7)20-14(2)12-10-9-11-13-17(6)21-16(3,4)5/h2,8-13H2,1,3-7H3. The molecule has 0 heterocycles. The predicted octanol–water partition coefficient (Wildman–Crippen LogP) is 4.30. The van der Waals surface area contributed by atoms with Gasteiger partial charge >= 0.3 is 0 Å². The van der Waals surface area contributed by atoms with E-state index < -0.39 is 0 Å². The second kappa shape index (κ2) is 9.88. The lowest BCUT2D eigenvalue weighted by Crippen LogP contribution is -2.28. The van der Waals surface area contributed by atoms with Crippen LogP contribution >= 0.6 is 0 Å². The molecule has 0 atom stereocenters. The van der Waals surface area contributed by atoms with Crippen LogP contribution in [0.1, 0.15) is 59.8 Å². The quantitative estimate of drug-likeness (QED) is 0.261. The lowest BCUT2D eigenvalue weighted by Gasteiger charge is -2.23. The predicted molar refractivity (Wildman–Crippen MR) is 89.0 cm³/mol. The number of rotatable bonds is 10. The fourth-order valence-corrected chi connectivity index (χ4v) is 2.11. The summed E-state index contributed by atoms with van der Waals surface area (Å²) in [7, 11) is 1.63. The van der Waals surface area contributed by atoms with Crippen LogP contribution in [0.3, 0.4) is 0 Å². The Hall–Kier alpha value is -0.965. The van der Waals surface area contributed by atoms with Gasteiger partial charge in [0.05, 0.1) is 0 Å². The Morgan fingerprint density at radius 3 is 2.38 bits per heavy atom. The van der Waals surface area contributed by atoms with E-state index in [9.17, 15) is 4.79 Å². The summed E-state index contributed by atoms with van der Waals surface area (Å²) in [6.45, 7) is 14.3. The Kier molecular flexibility index (Phi) is 9.42. The maximum absolute atomic E-state index is 11.4. The molecule has 0 fully saturated rings. The van der Waals surface area contributed by atoms with Gasteiger partial charge in [-0.1, -0.05) is 33.2 Å². The van der Waals surface area contributed by atoms with Crippen LogP contribution in [-0.2, 0) is 14.3 Å². The van der Waals surface area contributed by atoms with Crippen molar-refractivity contribution in [2.75, 3.05) is 7.05 Å². The van der Waals surface area contributed by atoms with E-state index in [1.807, 2.05) is 6.92 Å². The van der Waals surface area contributed by atoms with Crippen LogP contribution in [0, 0.1) is 0 Å². The van der Waals surface area contributed by atoms with E-state index in [0.717, 1.165) is 32.0 Å². The smallest absolute Gasteiger partial charge is 0.290 e. The van der Waals surface area contributed by atoms with Crippen LogP contribution < -0.4 is 0 Å². The molecule has 0 bridgehead atoms. The van der Waals surface area contributed by atoms with Crippen molar-refractivity contribution in [3.63, 3.8) is 0 Å². The Morgan fingerprint density at radius 2 is 1.86 bits per heavy atom. The first-order valence-electron chi connectivity index (χ1n) is 7.95. The summed E-state index contributed by atoms with van der Waals surface area (Å²) in [6, 6.07) is 0. The van der Waals surface area contributed by atoms with E-state index in [-0.39, 0.29) is 18.4 Å². The molecule has 21 heavy (non-hydrogen) atoms. The minimum absolute atomic E-state index is 0.0377. The first-order valence-corrected chi connectivity index (χ1v) is 7.95. The third-order valence-electron chi connectivity index (χ3n) is 3.04. The van der Waals surface area contributed by atoms with Crippen molar-refractivity contribution < 1.29 is 14.3 Å². The summed E-state index contributed by atoms with van der Waals surface area (Å²) in [5.74, 6) is 0.614. The van der Waals surface area contributed by atoms with Gasteiger partial charge in [0.2, 0.25) is 0 Å². The molecule has 0 spiro atoms. The number of hydrogen-bond acceptors (Lipinski definition) is 3. The number of unbranched alkanes of at least 4 members (excludes halogenated alkanes) is 2. The van der Waals surface area contributed by atoms with Gasteiger partial charge in [0.1, 0.15) is 5.76 Å². The third-order valence-corrected chi connectivity index (χ3v) is 3.04. The van der Waals surface area contributed by atoms with Crippen molar-refractivity contribution >= 4 is 12.8 Å². The number of amides is 1. The summed E-state index contributed by atoms with van der Waals surface area (Å²) in [5, 5.41) is 1.27. The number of carbonyl (C=O) groups excluding carboxylic acids is 1. The van der Waals surface area contributed by atoms with Gasteiger partial charge in [0.25, 0.3) is 12.8 Å². The van der Waals surface area contributed by atoms with E-state index in [0.29, 0.717) is 12.2 Å². The molecule has 0 saturated heterocycles. The molecule has 0 radical (unpaired) electrons. The normalized spacial score (nSPS) is 11.1. The zero-order chi connectivity index (χ0) is 16.5. The molecule has 122 valence electrons. The van der Waals surface area contributed by atoms with Crippen molar-refractivity contribution in [1.82, 2.24) is 5.06 Å². The maximum Gasteiger partial charge on any atom is 0.290 e. The van der Waals surface area contributed by atoms with Gasteiger partial charge in [-0.15, -0.1) is 0 Å². The average molecular weight is 297 g/mol. The highest BCUT2D eigenvalue weighted by atomic mass is 16.7. The first-order chi connectivity index (χ1) is 9.65. The molecule has 0 aliphatic heterocycles.